The summed E-state index contributed by atoms with van der Waals surface area (Å²) in [5.74, 6) is -0.571. The molecule has 0 saturated heterocycles. The van der Waals surface area contributed by atoms with Gasteiger partial charge in [-0.2, -0.15) is 0 Å². The molecule has 0 saturated carbocycles. The van der Waals surface area contributed by atoms with Crippen molar-refractivity contribution >= 4 is 17.9 Å². The molecule has 0 aromatic heterocycles. The van der Waals surface area contributed by atoms with E-state index in [9.17, 15) is 19.5 Å². The Morgan fingerprint density at radius 1 is 1.00 bits per heavy atom. The van der Waals surface area contributed by atoms with Crippen LogP contribution in [-0.4, -0.2) is 52.1 Å². The van der Waals surface area contributed by atoms with Gasteiger partial charge < -0.3 is 25.4 Å². The van der Waals surface area contributed by atoms with Gasteiger partial charge in [0.1, 0.15) is 23.4 Å². The van der Waals surface area contributed by atoms with Crippen molar-refractivity contribution in [3.05, 3.63) is 65.2 Å². The zero-order valence-electron chi connectivity index (χ0n) is 23.7. The molecule has 38 heavy (non-hydrogen) atoms. The molecular formula is C30H43N3O5. The molecule has 0 aliphatic rings. The first-order valence-electron chi connectivity index (χ1n) is 13.3. The maximum absolute atomic E-state index is 14.1. The summed E-state index contributed by atoms with van der Waals surface area (Å²) in [5.41, 5.74) is 1.60. The van der Waals surface area contributed by atoms with Crippen LogP contribution >= 0.6 is 0 Å². The highest BCUT2D eigenvalue weighted by atomic mass is 16.6. The van der Waals surface area contributed by atoms with Gasteiger partial charge >= 0.3 is 6.09 Å². The molecule has 3 atom stereocenters. The number of ether oxygens (including phenoxy) is 1. The minimum atomic E-state index is -0.998. The summed E-state index contributed by atoms with van der Waals surface area (Å²) in [5, 5.41) is 15.5. The molecule has 8 nitrogen and oxygen atoms in total. The summed E-state index contributed by atoms with van der Waals surface area (Å²) in [4.78, 5) is 42.0. The van der Waals surface area contributed by atoms with Crippen molar-refractivity contribution in [2.45, 2.75) is 91.5 Å². The highest BCUT2D eigenvalue weighted by molar-refractivity contribution is 5.92. The zero-order chi connectivity index (χ0) is 28.5. The first-order chi connectivity index (χ1) is 17.9. The van der Waals surface area contributed by atoms with E-state index < -0.39 is 29.7 Å². The first kappa shape index (κ1) is 30.7. The van der Waals surface area contributed by atoms with Gasteiger partial charge in [0.05, 0.1) is 0 Å². The van der Waals surface area contributed by atoms with E-state index in [0.717, 1.165) is 29.5 Å². The third kappa shape index (κ3) is 9.08. The molecule has 0 heterocycles. The van der Waals surface area contributed by atoms with Crippen molar-refractivity contribution in [1.29, 1.82) is 0 Å². The van der Waals surface area contributed by atoms with Crippen LogP contribution in [0.3, 0.4) is 0 Å². The number of phenolic OH excluding ortho intramolecular Hbond substituents is 1. The lowest BCUT2D eigenvalue weighted by Gasteiger charge is -2.35. The lowest BCUT2D eigenvalue weighted by molar-refractivity contribution is -0.142. The summed E-state index contributed by atoms with van der Waals surface area (Å²) in [7, 11) is 0. The van der Waals surface area contributed by atoms with E-state index in [1.165, 1.54) is 17.0 Å². The maximum Gasteiger partial charge on any atom is 0.408 e. The van der Waals surface area contributed by atoms with Gasteiger partial charge in [0.15, 0.2) is 0 Å². The number of likely N-dealkylation sites (N-methyl/N-ethyl adjacent to an activating group) is 1. The van der Waals surface area contributed by atoms with Crippen LogP contribution in [0.1, 0.15) is 77.1 Å². The SMILES string of the molecule is CCCC(C)NC(=O)C(c1ccccc1C)N(CC)C(=O)C(Cc1ccc(O)cc1)NC(=O)OC(C)(C)C. The van der Waals surface area contributed by atoms with Crippen molar-refractivity contribution in [2.75, 3.05) is 6.54 Å². The Balaban J connectivity index is 2.49. The quantitative estimate of drug-likeness (QED) is 0.381. The molecule has 3 N–H and O–H groups in total. The Morgan fingerprint density at radius 3 is 2.18 bits per heavy atom. The molecular weight excluding hydrogens is 482 g/mol. The number of carbonyl (C=O) groups excluding carboxylic acids is 3. The highest BCUT2D eigenvalue weighted by Gasteiger charge is 2.36. The summed E-state index contributed by atoms with van der Waals surface area (Å²) in [6, 6.07) is 12.0. The molecule has 3 unspecified atom stereocenters. The topological polar surface area (TPSA) is 108 Å². The third-order valence-corrected chi connectivity index (χ3v) is 6.14. The molecule has 3 amide bonds. The van der Waals surface area contributed by atoms with Crippen LogP contribution in [0.25, 0.3) is 0 Å². The van der Waals surface area contributed by atoms with E-state index in [-0.39, 0.29) is 30.7 Å². The second-order valence-electron chi connectivity index (χ2n) is 10.7. The predicted octanol–water partition coefficient (Wildman–Crippen LogP) is 5.03. The molecule has 0 fully saturated rings. The van der Waals surface area contributed by atoms with E-state index >= 15 is 0 Å². The molecule has 0 aliphatic heterocycles. The van der Waals surface area contributed by atoms with Crippen LogP contribution in [0.4, 0.5) is 4.79 Å². The Labute approximate surface area is 226 Å². The highest BCUT2D eigenvalue weighted by Crippen LogP contribution is 2.26. The summed E-state index contributed by atoms with van der Waals surface area (Å²) in [6.45, 7) is 13.2. The number of hydrogen-bond donors (Lipinski definition) is 3. The van der Waals surface area contributed by atoms with E-state index in [4.69, 9.17) is 4.74 Å². The van der Waals surface area contributed by atoms with E-state index in [0.29, 0.717) is 0 Å². The number of aryl methyl sites for hydroxylation is 1. The summed E-state index contributed by atoms with van der Waals surface area (Å²) >= 11 is 0. The van der Waals surface area contributed by atoms with Gasteiger partial charge in [0, 0.05) is 19.0 Å². The van der Waals surface area contributed by atoms with Crippen molar-refractivity contribution in [3.8, 4) is 5.75 Å². The fourth-order valence-corrected chi connectivity index (χ4v) is 4.35. The normalized spacial score (nSPS) is 13.7. The van der Waals surface area contributed by atoms with Gasteiger partial charge in [0.25, 0.3) is 0 Å². The minimum Gasteiger partial charge on any atom is -0.508 e. The number of nitrogens with one attached hydrogen (secondary N) is 2. The van der Waals surface area contributed by atoms with Crippen LogP contribution in [-0.2, 0) is 20.7 Å². The van der Waals surface area contributed by atoms with Crippen LogP contribution < -0.4 is 10.6 Å². The average Bonchev–Trinajstić information content (AvgIpc) is 2.82. The fourth-order valence-electron chi connectivity index (χ4n) is 4.35. The van der Waals surface area contributed by atoms with Crippen LogP contribution in [0.15, 0.2) is 48.5 Å². The number of phenols is 1. The molecule has 0 radical (unpaired) electrons. The van der Waals surface area contributed by atoms with Crippen molar-refractivity contribution in [3.63, 3.8) is 0 Å². The average molecular weight is 526 g/mol. The molecule has 2 aromatic carbocycles. The Hall–Kier alpha value is -3.55. The Bertz CT molecular complexity index is 1080. The predicted molar refractivity (Wildman–Crippen MR) is 149 cm³/mol. The number of rotatable bonds is 11. The lowest BCUT2D eigenvalue weighted by Crippen LogP contribution is -2.54. The second kappa shape index (κ2) is 13.8. The standard InChI is InChI=1S/C30H43N3O5/c1-8-12-21(4)31-27(35)26(24-14-11-10-13-20(24)3)33(9-2)28(36)25(32-29(37)38-30(5,6)7)19-22-15-17-23(34)18-16-22/h10-11,13-18,21,25-26,34H,8-9,12,19H2,1-7H3,(H,31,35)(H,32,37). The monoisotopic (exact) mass is 525 g/mol. The van der Waals surface area contributed by atoms with E-state index in [1.807, 2.05) is 45.0 Å². The lowest BCUT2D eigenvalue weighted by atomic mass is 9.96. The first-order valence-corrected chi connectivity index (χ1v) is 13.3. The molecule has 208 valence electrons. The molecule has 8 heteroatoms. The fraction of sp³-hybridized carbons (Fsp3) is 0.500. The van der Waals surface area contributed by atoms with Crippen LogP contribution in [0.2, 0.25) is 0 Å². The maximum atomic E-state index is 14.1. The van der Waals surface area contributed by atoms with Crippen molar-refractivity contribution < 1.29 is 24.2 Å². The van der Waals surface area contributed by atoms with Gasteiger partial charge in [-0.25, -0.2) is 4.79 Å². The number of hydrogen-bond acceptors (Lipinski definition) is 5. The Morgan fingerprint density at radius 2 is 1.63 bits per heavy atom. The summed E-state index contributed by atoms with van der Waals surface area (Å²) in [6.07, 6.45) is 1.17. The van der Waals surface area contributed by atoms with Crippen molar-refractivity contribution in [1.82, 2.24) is 15.5 Å². The van der Waals surface area contributed by atoms with E-state index in [2.05, 4.69) is 17.6 Å². The third-order valence-electron chi connectivity index (χ3n) is 6.14. The largest absolute Gasteiger partial charge is 0.508 e. The van der Waals surface area contributed by atoms with Crippen molar-refractivity contribution in [2.24, 2.45) is 0 Å². The smallest absolute Gasteiger partial charge is 0.408 e. The number of alkyl carbamates (subject to hydrolysis) is 1. The summed E-state index contributed by atoms with van der Waals surface area (Å²) < 4.78 is 5.44. The molecule has 2 aromatic rings. The van der Waals surface area contributed by atoms with Gasteiger partial charge in [-0.3, -0.25) is 9.59 Å². The number of nitrogens with zero attached hydrogens (tertiary/aromatic N) is 1. The second-order valence-corrected chi connectivity index (χ2v) is 10.7. The van der Waals surface area contributed by atoms with Gasteiger partial charge in [0.2, 0.25) is 11.8 Å². The van der Waals surface area contributed by atoms with Crippen LogP contribution in [0.5, 0.6) is 5.75 Å². The number of aromatic hydroxyl groups is 1. The van der Waals surface area contributed by atoms with Gasteiger partial charge in [-0.1, -0.05) is 49.7 Å². The van der Waals surface area contributed by atoms with Gasteiger partial charge in [-0.15, -0.1) is 0 Å². The zero-order valence-corrected chi connectivity index (χ0v) is 23.7. The number of benzene rings is 2. The van der Waals surface area contributed by atoms with E-state index in [1.54, 1.807) is 32.9 Å². The number of amides is 3. The van der Waals surface area contributed by atoms with Gasteiger partial charge in [-0.05, 0) is 76.8 Å². The van der Waals surface area contributed by atoms with Crippen LogP contribution in [0, 0.1) is 6.92 Å². The number of carbonyl (C=O) groups is 3. The molecule has 2 rings (SSSR count). The Kier molecular flexibility index (Phi) is 11.2. The molecule has 0 spiro atoms. The molecule has 0 aliphatic carbocycles. The minimum absolute atomic E-state index is 0.0551. The molecule has 0 bridgehead atoms.